The van der Waals surface area contributed by atoms with E-state index in [1.807, 2.05) is 54.6 Å². The van der Waals surface area contributed by atoms with Gasteiger partial charge in [0.25, 0.3) is 5.91 Å². The van der Waals surface area contributed by atoms with E-state index < -0.39 is 0 Å². The lowest BCUT2D eigenvalue weighted by Gasteiger charge is -2.18. The highest BCUT2D eigenvalue weighted by Gasteiger charge is 2.15. The molecule has 1 N–H and O–H groups in total. The Morgan fingerprint density at radius 2 is 1.60 bits per heavy atom. The van der Waals surface area contributed by atoms with Gasteiger partial charge in [-0.1, -0.05) is 36.4 Å². The molecule has 0 saturated carbocycles. The number of para-hydroxylation sites is 2. The van der Waals surface area contributed by atoms with Crippen molar-refractivity contribution in [3.63, 3.8) is 0 Å². The molecule has 1 aliphatic heterocycles. The highest BCUT2D eigenvalue weighted by atomic mass is 16.6. The van der Waals surface area contributed by atoms with Gasteiger partial charge in [0.05, 0.1) is 5.69 Å². The van der Waals surface area contributed by atoms with Crippen LogP contribution in [0.25, 0.3) is 11.0 Å². The molecule has 6 heteroatoms. The number of nitrogens with one attached hydrogen (secondary N) is 1. The van der Waals surface area contributed by atoms with Gasteiger partial charge in [-0.05, 0) is 36.4 Å². The lowest BCUT2D eigenvalue weighted by atomic mass is 10.1. The molecule has 30 heavy (non-hydrogen) atoms. The molecule has 0 atom stereocenters. The van der Waals surface area contributed by atoms with Gasteiger partial charge in [0.15, 0.2) is 11.5 Å². The quantitative estimate of drug-likeness (QED) is 0.543. The van der Waals surface area contributed by atoms with E-state index in [0.717, 1.165) is 5.39 Å². The molecule has 1 amide bonds. The second kappa shape index (κ2) is 7.75. The molecule has 3 aromatic carbocycles. The van der Waals surface area contributed by atoms with E-state index in [4.69, 9.17) is 13.9 Å². The first-order chi connectivity index (χ1) is 14.8. The Morgan fingerprint density at radius 1 is 0.833 bits per heavy atom. The van der Waals surface area contributed by atoms with Crippen LogP contribution in [0.15, 0.2) is 88.3 Å². The maximum absolute atomic E-state index is 13.0. The zero-order valence-electron chi connectivity index (χ0n) is 16.0. The van der Waals surface area contributed by atoms with Crippen LogP contribution in [-0.2, 0) is 0 Å². The number of ether oxygens (including phenoxy) is 2. The van der Waals surface area contributed by atoms with Crippen molar-refractivity contribution < 1.29 is 18.7 Å². The van der Waals surface area contributed by atoms with Crippen LogP contribution in [0.1, 0.15) is 10.4 Å². The topological polar surface area (TPSA) is 73.1 Å². The first-order valence-corrected chi connectivity index (χ1v) is 9.60. The molecule has 5 rings (SSSR count). The van der Waals surface area contributed by atoms with Gasteiger partial charge in [0.1, 0.15) is 24.4 Å². The van der Waals surface area contributed by atoms with Gasteiger partial charge in [-0.25, -0.2) is 4.99 Å². The van der Waals surface area contributed by atoms with Crippen molar-refractivity contribution in [3.8, 4) is 11.5 Å². The van der Waals surface area contributed by atoms with Crippen molar-refractivity contribution in [1.29, 1.82) is 0 Å². The standard InChI is InChI=1S/C24H18N2O4/c27-23(25-17-7-2-1-3-8-17)19-14-16-6-4-5-9-20(16)30-24(19)26-18-10-11-21-22(15-18)29-13-12-28-21/h1-11,14-15H,12-13H2,(H,25,27). The van der Waals surface area contributed by atoms with Gasteiger partial charge in [-0.15, -0.1) is 0 Å². The highest BCUT2D eigenvalue weighted by Crippen LogP contribution is 2.33. The van der Waals surface area contributed by atoms with Gasteiger partial charge in [-0.2, -0.15) is 0 Å². The lowest BCUT2D eigenvalue weighted by Crippen LogP contribution is -2.21. The van der Waals surface area contributed by atoms with Crippen LogP contribution < -0.4 is 20.3 Å². The SMILES string of the molecule is O=C(Nc1ccccc1)c1cc2ccccc2oc1=Nc1ccc2c(c1)OCCO2. The minimum atomic E-state index is -0.299. The summed E-state index contributed by atoms with van der Waals surface area (Å²) in [5, 5.41) is 3.71. The molecular formula is C24H18N2O4. The maximum atomic E-state index is 13.0. The van der Waals surface area contributed by atoms with E-state index in [1.54, 1.807) is 24.3 Å². The Balaban J connectivity index is 1.62. The first kappa shape index (κ1) is 18.0. The number of nitrogens with zero attached hydrogens (tertiary/aromatic N) is 1. The van der Waals surface area contributed by atoms with Gasteiger partial charge in [0, 0.05) is 17.1 Å². The fraction of sp³-hybridized carbons (Fsp3) is 0.0833. The Morgan fingerprint density at radius 3 is 2.47 bits per heavy atom. The summed E-state index contributed by atoms with van der Waals surface area (Å²) in [5.41, 5.74) is 2.50. The number of benzene rings is 3. The molecule has 1 aliphatic rings. The summed E-state index contributed by atoms with van der Waals surface area (Å²) in [5.74, 6) is 1.00. The van der Waals surface area contributed by atoms with Gasteiger partial charge < -0.3 is 19.2 Å². The van der Waals surface area contributed by atoms with Crippen molar-refractivity contribution >= 4 is 28.3 Å². The summed E-state index contributed by atoms with van der Waals surface area (Å²) in [6.07, 6.45) is 0. The molecule has 0 unspecified atom stereocenters. The monoisotopic (exact) mass is 398 g/mol. The van der Waals surface area contributed by atoms with E-state index in [1.165, 1.54) is 0 Å². The summed E-state index contributed by atoms with van der Waals surface area (Å²) in [7, 11) is 0. The van der Waals surface area contributed by atoms with Crippen LogP contribution in [0.3, 0.4) is 0 Å². The fourth-order valence-electron chi connectivity index (χ4n) is 3.25. The van der Waals surface area contributed by atoms with Gasteiger partial charge in [0.2, 0.25) is 5.55 Å². The molecule has 0 spiro atoms. The fourth-order valence-corrected chi connectivity index (χ4v) is 3.25. The van der Waals surface area contributed by atoms with E-state index in [-0.39, 0.29) is 11.5 Å². The molecule has 148 valence electrons. The Hall–Kier alpha value is -4.06. The van der Waals surface area contributed by atoms with Crippen molar-refractivity contribution in [2.75, 3.05) is 18.5 Å². The molecular weight excluding hydrogens is 380 g/mol. The molecule has 0 radical (unpaired) electrons. The Bertz CT molecular complexity index is 1300. The number of anilines is 1. The predicted octanol–water partition coefficient (Wildman–Crippen LogP) is 4.69. The van der Waals surface area contributed by atoms with E-state index in [0.29, 0.717) is 47.2 Å². The number of fused-ring (bicyclic) bond motifs is 2. The number of hydrogen-bond donors (Lipinski definition) is 1. The van der Waals surface area contributed by atoms with Crippen molar-refractivity contribution in [2.24, 2.45) is 4.99 Å². The molecule has 0 bridgehead atoms. The van der Waals surface area contributed by atoms with E-state index in [9.17, 15) is 4.79 Å². The van der Waals surface area contributed by atoms with Gasteiger partial charge >= 0.3 is 0 Å². The third kappa shape index (κ3) is 3.63. The van der Waals surface area contributed by atoms with Crippen LogP contribution >= 0.6 is 0 Å². The second-order valence-corrected chi connectivity index (χ2v) is 6.76. The number of hydrogen-bond acceptors (Lipinski definition) is 5. The molecule has 0 aliphatic carbocycles. The smallest absolute Gasteiger partial charge is 0.261 e. The van der Waals surface area contributed by atoms with Gasteiger partial charge in [-0.3, -0.25) is 4.79 Å². The van der Waals surface area contributed by atoms with Crippen LogP contribution in [0, 0.1) is 0 Å². The Kier molecular flexibility index (Phi) is 4.65. The third-order valence-electron chi connectivity index (χ3n) is 4.69. The van der Waals surface area contributed by atoms with Crippen LogP contribution in [-0.4, -0.2) is 19.1 Å². The average Bonchev–Trinajstić information content (AvgIpc) is 2.79. The normalized spacial score (nSPS) is 13.3. The molecule has 6 nitrogen and oxygen atoms in total. The number of rotatable bonds is 3. The molecule has 2 heterocycles. The van der Waals surface area contributed by atoms with Crippen LogP contribution in [0.4, 0.5) is 11.4 Å². The third-order valence-corrected chi connectivity index (χ3v) is 4.69. The minimum absolute atomic E-state index is 0.221. The summed E-state index contributed by atoms with van der Waals surface area (Å²) in [6.45, 7) is 1.01. The number of carbonyl (C=O) groups excluding carboxylic acids is 1. The number of amides is 1. The highest BCUT2D eigenvalue weighted by molar-refractivity contribution is 6.05. The summed E-state index contributed by atoms with van der Waals surface area (Å²) < 4.78 is 17.2. The maximum Gasteiger partial charge on any atom is 0.261 e. The largest absolute Gasteiger partial charge is 0.486 e. The summed E-state index contributed by atoms with van der Waals surface area (Å²) in [6, 6.07) is 24.0. The molecule has 0 fully saturated rings. The zero-order valence-corrected chi connectivity index (χ0v) is 16.0. The molecule has 0 saturated heterocycles. The van der Waals surface area contributed by atoms with Crippen molar-refractivity contribution in [3.05, 3.63) is 90.0 Å². The first-order valence-electron chi connectivity index (χ1n) is 9.60. The van der Waals surface area contributed by atoms with E-state index >= 15 is 0 Å². The van der Waals surface area contributed by atoms with Crippen molar-refractivity contribution in [1.82, 2.24) is 0 Å². The summed E-state index contributed by atoms with van der Waals surface area (Å²) >= 11 is 0. The lowest BCUT2D eigenvalue weighted by molar-refractivity contribution is 0.102. The van der Waals surface area contributed by atoms with Crippen LogP contribution in [0.5, 0.6) is 11.5 Å². The van der Waals surface area contributed by atoms with Crippen LogP contribution in [0.2, 0.25) is 0 Å². The average molecular weight is 398 g/mol. The second-order valence-electron chi connectivity index (χ2n) is 6.76. The molecule has 1 aromatic heterocycles. The van der Waals surface area contributed by atoms with Crippen molar-refractivity contribution in [2.45, 2.75) is 0 Å². The predicted molar refractivity (Wildman–Crippen MR) is 113 cm³/mol. The Labute approximate surface area is 172 Å². The van der Waals surface area contributed by atoms with E-state index in [2.05, 4.69) is 10.3 Å². The summed E-state index contributed by atoms with van der Waals surface area (Å²) in [4.78, 5) is 17.6. The zero-order chi connectivity index (χ0) is 20.3. The number of carbonyl (C=O) groups is 1. The minimum Gasteiger partial charge on any atom is -0.486 e. The molecule has 4 aromatic rings.